The Balaban J connectivity index is 1.88. The maximum absolute atomic E-state index is 11.8. The molecule has 3 N–H and O–H groups in total. The van der Waals surface area contributed by atoms with Crippen LogP contribution in [0.4, 0.5) is 5.69 Å². The second-order valence-corrected chi connectivity index (χ2v) is 4.75. The number of aromatic amines is 1. The maximum Gasteiger partial charge on any atom is 0.343 e. The van der Waals surface area contributed by atoms with Crippen molar-refractivity contribution in [1.29, 1.82) is 0 Å². The van der Waals surface area contributed by atoms with Crippen LogP contribution in [0.1, 0.15) is 23.9 Å². The molecule has 1 fully saturated rings. The number of aromatic nitrogens is 3. The first-order chi connectivity index (χ1) is 9.24. The monoisotopic (exact) mass is 260 g/mol. The molecule has 1 aromatic heterocycles. The van der Waals surface area contributed by atoms with Crippen molar-refractivity contribution in [3.05, 3.63) is 46.1 Å². The maximum atomic E-state index is 11.8. The average molecular weight is 260 g/mol. The second kappa shape index (κ2) is 4.89. The van der Waals surface area contributed by atoms with E-state index in [1.165, 1.54) is 0 Å². The Morgan fingerprint density at radius 3 is 2.89 bits per heavy atom. The summed E-state index contributed by atoms with van der Waals surface area (Å²) in [6.07, 6.45) is 1.46. The number of benzene rings is 1. The normalized spacial score (nSPS) is 18.8. The first-order valence-corrected chi connectivity index (χ1v) is 6.32. The van der Waals surface area contributed by atoms with E-state index in [-0.39, 0.29) is 11.7 Å². The summed E-state index contributed by atoms with van der Waals surface area (Å²) in [6, 6.07) is 7.69. The Kier molecular flexibility index (Phi) is 3.08. The second-order valence-electron chi connectivity index (χ2n) is 4.75. The van der Waals surface area contributed by atoms with Crippen molar-refractivity contribution in [2.75, 3.05) is 18.9 Å². The van der Waals surface area contributed by atoms with Crippen LogP contribution in [-0.2, 0) is 11.2 Å². The molecule has 0 amide bonds. The SMILES string of the molecule is Nc1ccc(Cc2n[nH]c(=O)n2C2CCOC2)cc1. The standard InChI is InChI=1S/C13H16N4O2/c14-10-3-1-9(2-4-10)7-12-15-16-13(18)17(12)11-5-6-19-8-11/h1-4,11H,5-8,14H2,(H,16,18). The largest absolute Gasteiger partial charge is 0.399 e. The summed E-state index contributed by atoms with van der Waals surface area (Å²) in [5.41, 5.74) is 7.30. The fourth-order valence-electron chi connectivity index (χ4n) is 2.38. The molecule has 1 atom stereocenters. The molecule has 1 aliphatic rings. The van der Waals surface area contributed by atoms with Crippen LogP contribution in [0.3, 0.4) is 0 Å². The molecular weight excluding hydrogens is 244 g/mol. The van der Waals surface area contributed by atoms with Crippen molar-refractivity contribution in [2.24, 2.45) is 0 Å². The van der Waals surface area contributed by atoms with E-state index in [2.05, 4.69) is 10.2 Å². The van der Waals surface area contributed by atoms with Gasteiger partial charge in [0.05, 0.1) is 12.6 Å². The highest BCUT2D eigenvalue weighted by Crippen LogP contribution is 2.19. The molecule has 0 spiro atoms. The predicted octanol–water partition coefficient (Wildman–Crippen LogP) is 0.706. The van der Waals surface area contributed by atoms with Gasteiger partial charge in [-0.3, -0.25) is 4.57 Å². The Hall–Kier alpha value is -2.08. The molecule has 2 heterocycles. The van der Waals surface area contributed by atoms with Crippen LogP contribution in [0.5, 0.6) is 0 Å². The zero-order chi connectivity index (χ0) is 13.2. The van der Waals surface area contributed by atoms with Gasteiger partial charge in [0.25, 0.3) is 0 Å². The van der Waals surface area contributed by atoms with Gasteiger partial charge in [-0.1, -0.05) is 12.1 Å². The quantitative estimate of drug-likeness (QED) is 0.796. The van der Waals surface area contributed by atoms with Gasteiger partial charge in [-0.05, 0) is 24.1 Å². The highest BCUT2D eigenvalue weighted by molar-refractivity contribution is 5.39. The number of hydrogen-bond acceptors (Lipinski definition) is 4. The van der Waals surface area contributed by atoms with E-state index < -0.39 is 0 Å². The molecule has 100 valence electrons. The molecule has 0 bridgehead atoms. The minimum atomic E-state index is -0.166. The molecule has 0 saturated carbocycles. The van der Waals surface area contributed by atoms with Crippen molar-refractivity contribution in [2.45, 2.75) is 18.9 Å². The Morgan fingerprint density at radius 2 is 2.21 bits per heavy atom. The topological polar surface area (TPSA) is 85.9 Å². The summed E-state index contributed by atoms with van der Waals surface area (Å²) in [5, 5.41) is 6.64. The molecule has 0 radical (unpaired) electrons. The lowest BCUT2D eigenvalue weighted by Crippen LogP contribution is -2.24. The predicted molar refractivity (Wildman–Crippen MR) is 71.0 cm³/mol. The molecule has 1 saturated heterocycles. The molecule has 1 unspecified atom stereocenters. The van der Waals surface area contributed by atoms with E-state index in [4.69, 9.17) is 10.5 Å². The van der Waals surface area contributed by atoms with Crippen LogP contribution in [0.2, 0.25) is 0 Å². The first kappa shape index (κ1) is 12.0. The van der Waals surface area contributed by atoms with Crippen molar-refractivity contribution in [3.63, 3.8) is 0 Å². The van der Waals surface area contributed by atoms with E-state index in [1.807, 2.05) is 24.3 Å². The lowest BCUT2D eigenvalue weighted by molar-refractivity contribution is 0.185. The smallest absolute Gasteiger partial charge is 0.343 e. The highest BCUT2D eigenvalue weighted by Gasteiger charge is 2.22. The Bertz CT molecular complexity index is 608. The number of nitrogens with zero attached hydrogens (tertiary/aromatic N) is 2. The van der Waals surface area contributed by atoms with Gasteiger partial charge < -0.3 is 10.5 Å². The van der Waals surface area contributed by atoms with E-state index in [1.54, 1.807) is 4.57 Å². The molecular formula is C13H16N4O2. The van der Waals surface area contributed by atoms with Crippen molar-refractivity contribution >= 4 is 5.69 Å². The van der Waals surface area contributed by atoms with Crippen LogP contribution in [0, 0.1) is 0 Å². The third kappa shape index (κ3) is 2.39. The molecule has 3 rings (SSSR count). The molecule has 2 aromatic rings. The molecule has 1 aromatic carbocycles. The highest BCUT2D eigenvalue weighted by atomic mass is 16.5. The van der Waals surface area contributed by atoms with Gasteiger partial charge in [-0.2, -0.15) is 5.10 Å². The molecule has 19 heavy (non-hydrogen) atoms. The summed E-state index contributed by atoms with van der Waals surface area (Å²) < 4.78 is 7.05. The fraction of sp³-hybridized carbons (Fsp3) is 0.385. The number of hydrogen-bond donors (Lipinski definition) is 2. The summed E-state index contributed by atoms with van der Waals surface area (Å²) in [4.78, 5) is 11.8. The lowest BCUT2D eigenvalue weighted by Gasteiger charge is -2.11. The van der Waals surface area contributed by atoms with Gasteiger partial charge in [0, 0.05) is 18.7 Å². The number of nitrogens with two attached hydrogens (primary N) is 1. The summed E-state index contributed by atoms with van der Waals surface area (Å²) in [5.74, 6) is 0.741. The minimum Gasteiger partial charge on any atom is -0.399 e. The van der Waals surface area contributed by atoms with Crippen LogP contribution in [0.15, 0.2) is 29.1 Å². The van der Waals surface area contributed by atoms with Crippen LogP contribution in [-0.4, -0.2) is 28.0 Å². The van der Waals surface area contributed by atoms with Gasteiger partial charge in [-0.25, -0.2) is 9.89 Å². The number of rotatable bonds is 3. The van der Waals surface area contributed by atoms with Gasteiger partial charge in [0.15, 0.2) is 0 Å². The van der Waals surface area contributed by atoms with Crippen LogP contribution in [0.25, 0.3) is 0 Å². The minimum absolute atomic E-state index is 0.0926. The van der Waals surface area contributed by atoms with E-state index in [0.29, 0.717) is 19.6 Å². The third-order valence-electron chi connectivity index (χ3n) is 3.39. The Morgan fingerprint density at radius 1 is 1.42 bits per heavy atom. The number of nitrogen functional groups attached to an aromatic ring is 1. The zero-order valence-electron chi connectivity index (χ0n) is 10.5. The van der Waals surface area contributed by atoms with E-state index in [0.717, 1.165) is 23.5 Å². The van der Waals surface area contributed by atoms with Crippen LogP contribution < -0.4 is 11.4 Å². The lowest BCUT2D eigenvalue weighted by atomic mass is 10.1. The zero-order valence-corrected chi connectivity index (χ0v) is 10.5. The van der Waals surface area contributed by atoms with Gasteiger partial charge in [0.2, 0.25) is 0 Å². The van der Waals surface area contributed by atoms with Gasteiger partial charge >= 0.3 is 5.69 Å². The van der Waals surface area contributed by atoms with Crippen molar-refractivity contribution in [3.8, 4) is 0 Å². The fourth-order valence-corrected chi connectivity index (χ4v) is 2.38. The number of ether oxygens (including phenoxy) is 1. The summed E-state index contributed by atoms with van der Waals surface area (Å²) in [6.45, 7) is 1.28. The molecule has 1 aliphatic heterocycles. The van der Waals surface area contributed by atoms with Crippen molar-refractivity contribution in [1.82, 2.24) is 14.8 Å². The number of H-pyrrole nitrogens is 1. The molecule has 0 aliphatic carbocycles. The summed E-state index contributed by atoms with van der Waals surface area (Å²) in [7, 11) is 0. The Labute approximate surface area is 110 Å². The van der Waals surface area contributed by atoms with Gasteiger partial charge in [-0.15, -0.1) is 0 Å². The first-order valence-electron chi connectivity index (χ1n) is 6.32. The van der Waals surface area contributed by atoms with Crippen LogP contribution >= 0.6 is 0 Å². The average Bonchev–Trinajstić information content (AvgIpc) is 3.02. The molecule has 6 heteroatoms. The van der Waals surface area contributed by atoms with Gasteiger partial charge in [0.1, 0.15) is 5.82 Å². The van der Waals surface area contributed by atoms with E-state index >= 15 is 0 Å². The van der Waals surface area contributed by atoms with Crippen molar-refractivity contribution < 1.29 is 4.74 Å². The molecule has 6 nitrogen and oxygen atoms in total. The third-order valence-corrected chi connectivity index (χ3v) is 3.39. The number of anilines is 1. The van der Waals surface area contributed by atoms with E-state index in [9.17, 15) is 4.79 Å². The summed E-state index contributed by atoms with van der Waals surface area (Å²) >= 11 is 0. The number of nitrogens with one attached hydrogen (secondary N) is 1.